The number of rotatable bonds is 6. The molecule has 7 nitrogen and oxygen atoms in total. The van der Waals surface area contributed by atoms with Crippen LogP contribution in [0.25, 0.3) is 0 Å². The molecule has 3 amide bonds. The zero-order valence-corrected chi connectivity index (χ0v) is 12.0. The van der Waals surface area contributed by atoms with E-state index in [-0.39, 0.29) is 6.42 Å². The molecule has 0 aliphatic carbocycles. The molecule has 0 bridgehead atoms. The maximum absolute atomic E-state index is 11.9. The van der Waals surface area contributed by atoms with Crippen LogP contribution in [0.3, 0.4) is 0 Å². The number of nitrogens with one attached hydrogen (secondary N) is 2. The molecule has 0 unspecified atom stereocenters. The highest BCUT2D eigenvalue weighted by atomic mass is 16.4. The second kappa shape index (κ2) is 6.74. The van der Waals surface area contributed by atoms with Crippen molar-refractivity contribution >= 4 is 23.6 Å². The molecular formula is C14H19N3O4. The number of carbonyl (C=O) groups excluding carboxylic acids is 2. The third-order valence-corrected chi connectivity index (χ3v) is 2.92. The van der Waals surface area contributed by atoms with E-state index in [2.05, 4.69) is 10.6 Å². The lowest BCUT2D eigenvalue weighted by atomic mass is 10.1. The Hall–Kier alpha value is -2.57. The second-order valence-electron chi connectivity index (χ2n) is 5.12. The fourth-order valence-corrected chi connectivity index (χ4v) is 1.60. The van der Waals surface area contributed by atoms with E-state index in [1.165, 1.54) is 13.8 Å². The third-order valence-electron chi connectivity index (χ3n) is 2.92. The summed E-state index contributed by atoms with van der Waals surface area (Å²) in [5.41, 5.74) is 5.19. The van der Waals surface area contributed by atoms with Crippen LogP contribution in [0, 0.1) is 0 Å². The molecular weight excluding hydrogens is 274 g/mol. The fourth-order valence-electron chi connectivity index (χ4n) is 1.60. The van der Waals surface area contributed by atoms with Gasteiger partial charge >= 0.3 is 12.0 Å². The smallest absolute Gasteiger partial charge is 0.320 e. The zero-order chi connectivity index (χ0) is 16.0. The van der Waals surface area contributed by atoms with E-state index in [0.717, 1.165) is 0 Å². The number of primary amides is 1. The van der Waals surface area contributed by atoms with Gasteiger partial charge < -0.3 is 21.5 Å². The number of urea groups is 1. The van der Waals surface area contributed by atoms with Crippen molar-refractivity contribution in [3.05, 3.63) is 29.8 Å². The highest BCUT2D eigenvalue weighted by Gasteiger charge is 2.26. The third kappa shape index (κ3) is 5.13. The van der Waals surface area contributed by atoms with Crippen LogP contribution in [0.15, 0.2) is 24.3 Å². The molecule has 0 radical (unpaired) electrons. The highest BCUT2D eigenvalue weighted by Crippen LogP contribution is 2.17. The van der Waals surface area contributed by atoms with E-state index in [1.54, 1.807) is 24.3 Å². The molecule has 0 aliphatic heterocycles. The number of carboxylic acids is 1. The summed E-state index contributed by atoms with van der Waals surface area (Å²) in [4.78, 5) is 33.7. The average molecular weight is 293 g/mol. The summed E-state index contributed by atoms with van der Waals surface area (Å²) in [5, 5.41) is 13.8. The number of para-hydroxylation sites is 1. The Morgan fingerprint density at radius 1 is 1.24 bits per heavy atom. The standard InChI is InChI=1S/C14H19N3O4/c1-14(2,12(15)20)17-13(21)16-10-6-4-3-5-9(10)7-8-11(18)19/h3-6H,7-8H2,1-2H3,(H2,15,20)(H,18,19)(H2,16,17,21). The molecule has 0 saturated heterocycles. The van der Waals surface area contributed by atoms with Crippen LogP contribution in [0.1, 0.15) is 25.8 Å². The van der Waals surface area contributed by atoms with Crippen molar-refractivity contribution in [2.45, 2.75) is 32.2 Å². The molecule has 5 N–H and O–H groups in total. The Morgan fingerprint density at radius 2 is 1.86 bits per heavy atom. The van der Waals surface area contributed by atoms with E-state index in [4.69, 9.17) is 10.8 Å². The number of nitrogens with two attached hydrogens (primary N) is 1. The molecule has 7 heteroatoms. The van der Waals surface area contributed by atoms with Gasteiger partial charge in [-0.25, -0.2) is 4.79 Å². The topological polar surface area (TPSA) is 122 Å². The van der Waals surface area contributed by atoms with Crippen molar-refractivity contribution in [1.82, 2.24) is 5.32 Å². The minimum atomic E-state index is -1.18. The molecule has 0 spiro atoms. The first-order valence-corrected chi connectivity index (χ1v) is 6.41. The van der Waals surface area contributed by atoms with Crippen molar-refractivity contribution in [2.24, 2.45) is 5.73 Å². The summed E-state index contributed by atoms with van der Waals surface area (Å²) in [6, 6.07) is 6.29. The molecule has 0 atom stereocenters. The van der Waals surface area contributed by atoms with Crippen LogP contribution in [-0.2, 0) is 16.0 Å². The van der Waals surface area contributed by atoms with Crippen molar-refractivity contribution in [3.8, 4) is 0 Å². The van der Waals surface area contributed by atoms with Gasteiger partial charge in [-0.15, -0.1) is 0 Å². The second-order valence-corrected chi connectivity index (χ2v) is 5.12. The molecule has 114 valence electrons. The van der Waals surface area contributed by atoms with E-state index in [0.29, 0.717) is 17.7 Å². The zero-order valence-electron chi connectivity index (χ0n) is 12.0. The minimum Gasteiger partial charge on any atom is -0.481 e. The molecule has 1 rings (SSSR count). The number of amides is 3. The van der Waals surface area contributed by atoms with Gasteiger partial charge in [-0.1, -0.05) is 18.2 Å². The van der Waals surface area contributed by atoms with Crippen LogP contribution in [-0.4, -0.2) is 28.6 Å². The number of anilines is 1. The van der Waals surface area contributed by atoms with Crippen LogP contribution in [0.2, 0.25) is 0 Å². The molecule has 0 heterocycles. The van der Waals surface area contributed by atoms with Crippen LogP contribution < -0.4 is 16.4 Å². The first-order valence-electron chi connectivity index (χ1n) is 6.41. The lowest BCUT2D eigenvalue weighted by molar-refractivity contribution is -0.137. The maximum atomic E-state index is 11.9. The summed E-state index contributed by atoms with van der Waals surface area (Å²) in [6.07, 6.45) is 0.262. The van der Waals surface area contributed by atoms with Gasteiger partial charge in [0.15, 0.2) is 0 Å². The summed E-state index contributed by atoms with van der Waals surface area (Å²) in [6.45, 7) is 2.98. The number of hydrogen-bond acceptors (Lipinski definition) is 3. The summed E-state index contributed by atoms with van der Waals surface area (Å²) < 4.78 is 0. The van der Waals surface area contributed by atoms with E-state index < -0.39 is 23.4 Å². The molecule has 0 aromatic heterocycles. The quantitative estimate of drug-likeness (QED) is 0.627. The maximum Gasteiger partial charge on any atom is 0.320 e. The van der Waals surface area contributed by atoms with Gasteiger partial charge in [0.05, 0.1) is 0 Å². The lowest BCUT2D eigenvalue weighted by Gasteiger charge is -2.22. The summed E-state index contributed by atoms with van der Waals surface area (Å²) >= 11 is 0. The SMILES string of the molecule is CC(C)(NC(=O)Nc1ccccc1CCC(=O)O)C(N)=O. The van der Waals surface area contributed by atoms with Gasteiger partial charge in [-0.2, -0.15) is 0 Å². The normalized spacial score (nSPS) is 10.8. The molecule has 21 heavy (non-hydrogen) atoms. The summed E-state index contributed by atoms with van der Waals surface area (Å²) in [5.74, 6) is -1.57. The Balaban J connectivity index is 2.76. The number of carbonyl (C=O) groups is 3. The van der Waals surface area contributed by atoms with Crippen molar-refractivity contribution in [1.29, 1.82) is 0 Å². The largest absolute Gasteiger partial charge is 0.481 e. The minimum absolute atomic E-state index is 0.0346. The molecule has 1 aromatic carbocycles. The van der Waals surface area contributed by atoms with E-state index in [1.807, 2.05) is 0 Å². The predicted molar refractivity (Wildman–Crippen MR) is 77.8 cm³/mol. The number of aliphatic carboxylic acids is 1. The van der Waals surface area contributed by atoms with Gasteiger partial charge in [-0.05, 0) is 31.9 Å². The van der Waals surface area contributed by atoms with E-state index >= 15 is 0 Å². The molecule has 0 aliphatic rings. The number of aryl methyl sites for hydroxylation is 1. The van der Waals surface area contributed by atoms with Gasteiger partial charge in [0, 0.05) is 12.1 Å². The van der Waals surface area contributed by atoms with Crippen molar-refractivity contribution in [2.75, 3.05) is 5.32 Å². The monoisotopic (exact) mass is 293 g/mol. The van der Waals surface area contributed by atoms with Crippen molar-refractivity contribution < 1.29 is 19.5 Å². The van der Waals surface area contributed by atoms with Crippen LogP contribution in [0.4, 0.5) is 10.5 Å². The van der Waals surface area contributed by atoms with Gasteiger partial charge in [0.25, 0.3) is 0 Å². The number of benzene rings is 1. The first kappa shape index (κ1) is 16.5. The fraction of sp³-hybridized carbons (Fsp3) is 0.357. The molecule has 1 aromatic rings. The Bertz CT molecular complexity index is 555. The van der Waals surface area contributed by atoms with Gasteiger partial charge in [0.2, 0.25) is 5.91 Å². The Labute approximate surface area is 122 Å². The van der Waals surface area contributed by atoms with Crippen LogP contribution in [0.5, 0.6) is 0 Å². The Kier molecular flexibility index (Phi) is 5.29. The summed E-state index contributed by atoms with van der Waals surface area (Å²) in [7, 11) is 0. The average Bonchev–Trinajstić information content (AvgIpc) is 2.36. The predicted octanol–water partition coefficient (Wildman–Crippen LogP) is 1.09. The number of carboxylic acid groups (broad SMARTS) is 1. The van der Waals surface area contributed by atoms with E-state index in [9.17, 15) is 14.4 Å². The van der Waals surface area contributed by atoms with Crippen molar-refractivity contribution in [3.63, 3.8) is 0 Å². The first-order chi connectivity index (χ1) is 9.72. The molecule has 0 saturated carbocycles. The van der Waals surface area contributed by atoms with Gasteiger partial charge in [-0.3, -0.25) is 9.59 Å². The van der Waals surface area contributed by atoms with Crippen LogP contribution >= 0.6 is 0 Å². The highest BCUT2D eigenvalue weighted by molar-refractivity contribution is 5.95. The Morgan fingerprint density at radius 3 is 2.43 bits per heavy atom. The van der Waals surface area contributed by atoms with Gasteiger partial charge in [0.1, 0.15) is 5.54 Å². The number of hydrogen-bond donors (Lipinski definition) is 4. The lowest BCUT2D eigenvalue weighted by Crippen LogP contribution is -2.54. The molecule has 0 fully saturated rings.